The maximum absolute atomic E-state index is 12.7. The van der Waals surface area contributed by atoms with Crippen molar-refractivity contribution in [2.45, 2.75) is 38.6 Å². The van der Waals surface area contributed by atoms with Crippen LogP contribution < -0.4 is 5.32 Å². The zero-order chi connectivity index (χ0) is 20.9. The van der Waals surface area contributed by atoms with Gasteiger partial charge in [0.2, 0.25) is 11.8 Å². The van der Waals surface area contributed by atoms with Crippen LogP contribution in [0.4, 0.5) is 10.9 Å². The van der Waals surface area contributed by atoms with Crippen LogP contribution in [-0.2, 0) is 14.3 Å². The zero-order valence-corrected chi connectivity index (χ0v) is 18.0. The monoisotopic (exact) mass is 429 g/mol. The van der Waals surface area contributed by atoms with E-state index >= 15 is 0 Å². The second kappa shape index (κ2) is 9.53. The largest absolute Gasteiger partial charge is 0.370 e. The van der Waals surface area contributed by atoms with Crippen molar-refractivity contribution in [1.82, 2.24) is 19.8 Å². The molecule has 160 valence electrons. The van der Waals surface area contributed by atoms with Crippen molar-refractivity contribution < 1.29 is 14.3 Å². The summed E-state index contributed by atoms with van der Waals surface area (Å²) in [6, 6.07) is 5.79. The summed E-state index contributed by atoms with van der Waals surface area (Å²) in [5, 5.41) is 6.04. The zero-order valence-electron chi connectivity index (χ0n) is 17.2. The van der Waals surface area contributed by atoms with Gasteiger partial charge >= 0.3 is 0 Å². The molecule has 2 aromatic rings. The van der Waals surface area contributed by atoms with Gasteiger partial charge in [0.15, 0.2) is 5.13 Å². The van der Waals surface area contributed by atoms with Crippen LogP contribution in [0.25, 0.3) is 0 Å². The number of nitrogens with one attached hydrogen (secondary N) is 1. The van der Waals surface area contributed by atoms with Crippen molar-refractivity contribution in [3.63, 3.8) is 0 Å². The molecular weight excluding hydrogens is 402 g/mol. The number of carbonyl (C=O) groups is 2. The minimum absolute atomic E-state index is 0.0269. The fourth-order valence-corrected chi connectivity index (χ4v) is 4.65. The Labute approximate surface area is 180 Å². The van der Waals surface area contributed by atoms with Crippen molar-refractivity contribution in [3.05, 3.63) is 35.0 Å². The molecule has 1 atom stereocenters. The number of rotatable bonds is 8. The number of aryl methyl sites for hydroxylation is 1. The molecule has 4 heterocycles. The highest BCUT2D eigenvalue weighted by atomic mass is 32.1. The van der Waals surface area contributed by atoms with E-state index in [1.165, 1.54) is 0 Å². The molecule has 4 rings (SSSR count). The van der Waals surface area contributed by atoms with Gasteiger partial charge in [-0.25, -0.2) is 9.97 Å². The van der Waals surface area contributed by atoms with Crippen molar-refractivity contribution in [2.75, 3.05) is 38.2 Å². The molecule has 0 aromatic carbocycles. The molecule has 2 amide bonds. The molecule has 2 aromatic heterocycles. The average molecular weight is 430 g/mol. The fraction of sp³-hybridized carbons (Fsp3) is 0.524. The number of hydrogen-bond acceptors (Lipinski definition) is 7. The Bertz CT molecular complexity index is 902. The van der Waals surface area contributed by atoms with Gasteiger partial charge in [-0.05, 0) is 38.3 Å². The lowest BCUT2D eigenvalue weighted by Gasteiger charge is -2.25. The van der Waals surface area contributed by atoms with Gasteiger partial charge in [0, 0.05) is 31.4 Å². The van der Waals surface area contributed by atoms with Crippen molar-refractivity contribution in [1.29, 1.82) is 0 Å². The number of amides is 2. The normalized spacial score (nSPS) is 19.0. The second-order valence-corrected chi connectivity index (χ2v) is 8.51. The summed E-state index contributed by atoms with van der Waals surface area (Å²) in [5.41, 5.74) is 1.85. The first kappa shape index (κ1) is 20.7. The molecule has 0 bridgehead atoms. The Morgan fingerprint density at radius 1 is 1.30 bits per heavy atom. The van der Waals surface area contributed by atoms with E-state index in [0.717, 1.165) is 48.1 Å². The van der Waals surface area contributed by atoms with Crippen LogP contribution in [0, 0.1) is 6.92 Å². The topological polar surface area (TPSA) is 87.7 Å². The lowest BCUT2D eigenvalue weighted by atomic mass is 10.1. The van der Waals surface area contributed by atoms with E-state index < -0.39 is 0 Å². The van der Waals surface area contributed by atoms with Gasteiger partial charge in [-0.1, -0.05) is 6.07 Å². The third kappa shape index (κ3) is 4.96. The molecule has 0 aliphatic carbocycles. The number of carbonyl (C=O) groups excluding carboxylic acids is 2. The van der Waals surface area contributed by atoms with E-state index in [9.17, 15) is 9.59 Å². The highest BCUT2D eigenvalue weighted by molar-refractivity contribution is 7.13. The molecule has 0 radical (unpaired) electrons. The minimum atomic E-state index is -0.0407. The molecular formula is C21H27N5O3S. The Balaban J connectivity index is 1.32. The Morgan fingerprint density at radius 3 is 2.97 bits per heavy atom. The van der Waals surface area contributed by atoms with Crippen molar-refractivity contribution in [3.8, 4) is 0 Å². The predicted octanol–water partition coefficient (Wildman–Crippen LogP) is 2.89. The molecule has 30 heavy (non-hydrogen) atoms. The summed E-state index contributed by atoms with van der Waals surface area (Å²) in [4.78, 5) is 37.2. The standard InChI is InChI=1S/C21H27N5O3S/c1-15-14-30-21(22-15)24-18-7-2-5-16(23-18)17-6-3-10-26(17)20(28)13-29-12-11-25-9-4-8-19(25)27/h2,5,7,14,17H,3-4,6,8-13H2,1H3,(H,22,23,24)/t17-/m1/s1. The number of hydrogen-bond donors (Lipinski definition) is 1. The first-order valence-electron chi connectivity index (χ1n) is 10.4. The lowest BCUT2D eigenvalue weighted by Crippen LogP contribution is -2.35. The van der Waals surface area contributed by atoms with Gasteiger partial charge < -0.3 is 19.9 Å². The predicted molar refractivity (Wildman–Crippen MR) is 115 cm³/mol. The smallest absolute Gasteiger partial charge is 0.249 e. The molecule has 1 N–H and O–H groups in total. The van der Waals surface area contributed by atoms with E-state index in [1.807, 2.05) is 35.4 Å². The van der Waals surface area contributed by atoms with Crippen LogP contribution in [0.5, 0.6) is 0 Å². The van der Waals surface area contributed by atoms with E-state index in [1.54, 1.807) is 16.2 Å². The van der Waals surface area contributed by atoms with Crippen molar-refractivity contribution >= 4 is 34.1 Å². The van der Waals surface area contributed by atoms with Crippen LogP contribution in [0.3, 0.4) is 0 Å². The van der Waals surface area contributed by atoms with Gasteiger partial charge in [-0.3, -0.25) is 9.59 Å². The summed E-state index contributed by atoms with van der Waals surface area (Å²) < 4.78 is 5.58. The van der Waals surface area contributed by atoms with Gasteiger partial charge in [0.05, 0.1) is 24.0 Å². The van der Waals surface area contributed by atoms with Gasteiger partial charge in [0.1, 0.15) is 12.4 Å². The first-order chi connectivity index (χ1) is 14.6. The van der Waals surface area contributed by atoms with Gasteiger partial charge in [0.25, 0.3) is 0 Å². The number of anilines is 2. The molecule has 2 fully saturated rings. The average Bonchev–Trinajstić information content (AvgIpc) is 3.47. The maximum atomic E-state index is 12.7. The summed E-state index contributed by atoms with van der Waals surface area (Å²) in [6.07, 6.45) is 3.37. The lowest BCUT2D eigenvalue weighted by molar-refractivity contribution is -0.137. The van der Waals surface area contributed by atoms with Crippen molar-refractivity contribution in [2.24, 2.45) is 0 Å². The van der Waals surface area contributed by atoms with E-state index in [4.69, 9.17) is 9.72 Å². The quantitative estimate of drug-likeness (QED) is 0.649. The number of ether oxygens (including phenoxy) is 1. The molecule has 0 spiro atoms. The summed E-state index contributed by atoms with van der Waals surface area (Å²) >= 11 is 1.54. The summed E-state index contributed by atoms with van der Waals surface area (Å²) in [7, 11) is 0. The third-order valence-corrected chi connectivity index (χ3v) is 6.32. The molecule has 9 heteroatoms. The van der Waals surface area contributed by atoms with Crippen LogP contribution in [-0.4, -0.2) is 64.4 Å². The molecule has 0 saturated carbocycles. The van der Waals surface area contributed by atoms with Crippen LogP contribution in [0.1, 0.15) is 43.1 Å². The molecule has 2 aliphatic heterocycles. The SMILES string of the molecule is Cc1csc(Nc2cccc([C@H]3CCCN3C(=O)COCCN3CCCC3=O)n2)n1. The summed E-state index contributed by atoms with van der Waals surface area (Å²) in [5.74, 6) is 0.880. The Morgan fingerprint density at radius 2 is 2.20 bits per heavy atom. The highest BCUT2D eigenvalue weighted by Crippen LogP contribution is 2.32. The highest BCUT2D eigenvalue weighted by Gasteiger charge is 2.31. The van der Waals surface area contributed by atoms with E-state index in [0.29, 0.717) is 26.1 Å². The number of pyridine rings is 1. The van der Waals surface area contributed by atoms with Crippen LogP contribution >= 0.6 is 11.3 Å². The summed E-state index contributed by atoms with van der Waals surface area (Å²) in [6.45, 7) is 4.44. The second-order valence-electron chi connectivity index (χ2n) is 7.65. The van der Waals surface area contributed by atoms with Crippen LogP contribution in [0.2, 0.25) is 0 Å². The van der Waals surface area contributed by atoms with Gasteiger partial charge in [-0.15, -0.1) is 11.3 Å². The number of aromatic nitrogens is 2. The Kier molecular flexibility index (Phi) is 6.59. The molecule has 2 saturated heterocycles. The fourth-order valence-electron chi connectivity index (χ4n) is 3.96. The molecule has 0 unspecified atom stereocenters. The Hall–Kier alpha value is -2.52. The van der Waals surface area contributed by atoms with Crippen LogP contribution in [0.15, 0.2) is 23.6 Å². The number of thiazole rings is 1. The van der Waals surface area contributed by atoms with E-state index in [2.05, 4.69) is 10.3 Å². The maximum Gasteiger partial charge on any atom is 0.249 e. The van der Waals surface area contributed by atoms with E-state index in [-0.39, 0.29) is 24.5 Å². The first-order valence-corrected chi connectivity index (χ1v) is 11.3. The molecule has 8 nitrogen and oxygen atoms in total. The minimum Gasteiger partial charge on any atom is -0.370 e. The number of nitrogens with zero attached hydrogens (tertiary/aromatic N) is 4. The molecule has 2 aliphatic rings. The number of likely N-dealkylation sites (tertiary alicyclic amines) is 2. The third-order valence-electron chi connectivity index (χ3n) is 5.44. The van der Waals surface area contributed by atoms with Gasteiger partial charge in [-0.2, -0.15) is 0 Å².